The first kappa shape index (κ1) is 13.6. The van der Waals surface area contributed by atoms with Crippen molar-refractivity contribution in [3.05, 3.63) is 11.9 Å². The number of aliphatic imine (C=N–C) groups is 1. The van der Waals surface area contributed by atoms with Crippen molar-refractivity contribution >= 4 is 11.8 Å². The number of nitrogens with two attached hydrogens (primary N) is 2. The summed E-state index contributed by atoms with van der Waals surface area (Å²) in [5, 5.41) is 8.62. The van der Waals surface area contributed by atoms with Crippen LogP contribution in [0.4, 0.5) is 4.39 Å². The van der Waals surface area contributed by atoms with Crippen molar-refractivity contribution in [2.24, 2.45) is 16.5 Å². The molecule has 1 atom stereocenters. The zero-order chi connectivity index (χ0) is 12.1. The van der Waals surface area contributed by atoms with E-state index in [1.165, 1.54) is 6.92 Å². The summed E-state index contributed by atoms with van der Waals surface area (Å²) in [5.74, 6) is -1.53. The van der Waals surface area contributed by atoms with E-state index in [1.807, 2.05) is 0 Å². The molecule has 6 heteroatoms. The van der Waals surface area contributed by atoms with Crippen LogP contribution in [0, 0.1) is 0 Å². The van der Waals surface area contributed by atoms with E-state index in [2.05, 4.69) is 4.99 Å². The van der Waals surface area contributed by atoms with Crippen LogP contribution in [0.5, 0.6) is 0 Å². The highest BCUT2D eigenvalue weighted by atomic mass is 19.1. The van der Waals surface area contributed by atoms with Gasteiger partial charge in [-0.15, -0.1) is 0 Å². The van der Waals surface area contributed by atoms with Crippen molar-refractivity contribution in [3.63, 3.8) is 0 Å². The third kappa shape index (κ3) is 5.79. The van der Waals surface area contributed by atoms with E-state index in [1.54, 1.807) is 6.92 Å². The number of amidine groups is 1. The lowest BCUT2D eigenvalue weighted by Crippen LogP contribution is -2.42. The van der Waals surface area contributed by atoms with Crippen LogP contribution in [0.25, 0.3) is 0 Å². The molecule has 0 bridgehead atoms. The molecule has 0 aromatic heterocycles. The Kier molecular flexibility index (Phi) is 4.93. The van der Waals surface area contributed by atoms with Gasteiger partial charge in [0.05, 0.1) is 5.84 Å². The Hall–Kier alpha value is -1.43. The molecular formula is C9H16FN3O2. The fourth-order valence-electron chi connectivity index (χ4n) is 0.798. The Bertz CT molecular complexity index is 294. The predicted octanol–water partition coefficient (Wildman–Crippen LogP) is 0.409. The largest absolute Gasteiger partial charge is 0.480 e. The maximum absolute atomic E-state index is 13.1. The van der Waals surface area contributed by atoms with Crippen LogP contribution in [0.3, 0.4) is 0 Å². The molecule has 0 saturated heterocycles. The van der Waals surface area contributed by atoms with Gasteiger partial charge in [0.15, 0.2) is 0 Å². The third-order valence-electron chi connectivity index (χ3n) is 1.63. The summed E-state index contributed by atoms with van der Waals surface area (Å²) in [5.41, 5.74) is 8.87. The molecule has 0 aromatic carbocycles. The highest BCUT2D eigenvalue weighted by molar-refractivity contribution is 5.80. The van der Waals surface area contributed by atoms with Crippen molar-refractivity contribution < 1.29 is 14.3 Å². The Balaban J connectivity index is 4.32. The van der Waals surface area contributed by atoms with Crippen molar-refractivity contribution in [3.8, 4) is 0 Å². The monoisotopic (exact) mass is 217 g/mol. The highest BCUT2D eigenvalue weighted by Gasteiger charge is 2.25. The summed E-state index contributed by atoms with van der Waals surface area (Å²) >= 11 is 0. The number of hydrogen-bond donors (Lipinski definition) is 3. The van der Waals surface area contributed by atoms with E-state index in [9.17, 15) is 9.18 Å². The summed E-state index contributed by atoms with van der Waals surface area (Å²) in [6.45, 7) is 2.98. The molecule has 0 heterocycles. The smallest absolute Gasteiger partial charge is 0.327 e. The number of carboxylic acids is 1. The van der Waals surface area contributed by atoms with Gasteiger partial charge >= 0.3 is 5.97 Å². The summed E-state index contributed by atoms with van der Waals surface area (Å²) in [6.07, 6.45) is 0.866. The van der Waals surface area contributed by atoms with Gasteiger partial charge in [0.2, 0.25) is 0 Å². The number of hydrogen-bond acceptors (Lipinski definition) is 3. The Morgan fingerprint density at radius 2 is 2.20 bits per heavy atom. The summed E-state index contributed by atoms with van der Waals surface area (Å²) in [4.78, 5) is 14.3. The minimum atomic E-state index is -1.69. The first-order valence-electron chi connectivity index (χ1n) is 4.41. The van der Waals surface area contributed by atoms with Gasteiger partial charge in [-0.2, -0.15) is 0 Å². The number of carboxylic acid groups (broad SMARTS) is 1. The van der Waals surface area contributed by atoms with E-state index in [0.29, 0.717) is 5.84 Å². The van der Waals surface area contributed by atoms with Gasteiger partial charge in [-0.1, -0.05) is 0 Å². The number of rotatable bonds is 5. The minimum Gasteiger partial charge on any atom is -0.480 e. The standard InChI is InChI=1S/C9H16FN3O2/c1-6(11)13-4-3-7(10)5-9(2,12)8(14)15/h5H,3-4,12H2,1-2H3,(H2,11,13)(H,14,15)/b7-5+. The lowest BCUT2D eigenvalue weighted by Gasteiger charge is -2.13. The molecule has 0 aliphatic heterocycles. The molecule has 5 N–H and O–H groups in total. The molecule has 0 amide bonds. The average molecular weight is 217 g/mol. The SMILES string of the molecule is CC(N)=NCC/C(F)=C\C(C)(N)C(=O)O. The van der Waals surface area contributed by atoms with Crippen molar-refractivity contribution in [1.29, 1.82) is 0 Å². The Morgan fingerprint density at radius 1 is 1.67 bits per heavy atom. The summed E-state index contributed by atoms with van der Waals surface area (Å²) in [7, 11) is 0. The first-order chi connectivity index (χ1) is 6.75. The molecule has 0 spiro atoms. The maximum Gasteiger partial charge on any atom is 0.327 e. The molecule has 15 heavy (non-hydrogen) atoms. The van der Waals surface area contributed by atoms with Crippen LogP contribution in [-0.4, -0.2) is 29.0 Å². The zero-order valence-electron chi connectivity index (χ0n) is 8.83. The predicted molar refractivity (Wildman–Crippen MR) is 56.2 cm³/mol. The lowest BCUT2D eigenvalue weighted by molar-refractivity contribution is -0.140. The topological polar surface area (TPSA) is 102 Å². The second-order valence-corrected chi connectivity index (χ2v) is 3.45. The Labute approximate surface area is 87.7 Å². The summed E-state index contributed by atoms with van der Waals surface area (Å²) < 4.78 is 13.1. The number of halogens is 1. The van der Waals surface area contributed by atoms with Crippen LogP contribution < -0.4 is 11.5 Å². The minimum absolute atomic E-state index is 0.00535. The molecule has 0 fully saturated rings. The highest BCUT2D eigenvalue weighted by Crippen LogP contribution is 2.10. The maximum atomic E-state index is 13.1. The lowest BCUT2D eigenvalue weighted by atomic mass is 10.0. The molecule has 0 rings (SSSR count). The molecule has 1 unspecified atom stereocenters. The van der Waals surface area contributed by atoms with Crippen LogP contribution >= 0.6 is 0 Å². The molecule has 5 nitrogen and oxygen atoms in total. The van der Waals surface area contributed by atoms with E-state index in [0.717, 1.165) is 6.08 Å². The molecule has 0 aliphatic carbocycles. The second-order valence-electron chi connectivity index (χ2n) is 3.45. The van der Waals surface area contributed by atoms with E-state index >= 15 is 0 Å². The van der Waals surface area contributed by atoms with Crippen LogP contribution in [0.2, 0.25) is 0 Å². The van der Waals surface area contributed by atoms with Crippen molar-refractivity contribution in [1.82, 2.24) is 0 Å². The van der Waals surface area contributed by atoms with Crippen molar-refractivity contribution in [2.75, 3.05) is 6.54 Å². The van der Waals surface area contributed by atoms with Gasteiger partial charge < -0.3 is 16.6 Å². The zero-order valence-corrected chi connectivity index (χ0v) is 8.83. The van der Waals surface area contributed by atoms with E-state index in [4.69, 9.17) is 16.6 Å². The molecule has 0 aromatic rings. The van der Waals surface area contributed by atoms with Gasteiger partial charge in [0, 0.05) is 13.0 Å². The van der Waals surface area contributed by atoms with Gasteiger partial charge in [0.1, 0.15) is 11.4 Å². The second kappa shape index (κ2) is 5.45. The normalized spacial score (nSPS) is 17.3. The molecule has 0 saturated carbocycles. The summed E-state index contributed by atoms with van der Waals surface area (Å²) in [6, 6.07) is 0. The molecule has 86 valence electrons. The number of nitrogens with zero attached hydrogens (tertiary/aromatic N) is 1. The fourth-order valence-corrected chi connectivity index (χ4v) is 0.798. The van der Waals surface area contributed by atoms with Crippen LogP contribution in [-0.2, 0) is 4.79 Å². The van der Waals surface area contributed by atoms with Crippen molar-refractivity contribution in [2.45, 2.75) is 25.8 Å². The average Bonchev–Trinajstić information content (AvgIpc) is 2.01. The number of aliphatic carboxylic acids is 1. The molecule has 0 aliphatic rings. The van der Waals surface area contributed by atoms with Gasteiger partial charge in [-0.3, -0.25) is 4.99 Å². The van der Waals surface area contributed by atoms with Gasteiger partial charge in [0.25, 0.3) is 0 Å². The fraction of sp³-hybridized carbons (Fsp3) is 0.556. The Morgan fingerprint density at radius 3 is 2.60 bits per heavy atom. The van der Waals surface area contributed by atoms with Gasteiger partial charge in [-0.25, -0.2) is 9.18 Å². The van der Waals surface area contributed by atoms with Crippen LogP contribution in [0.1, 0.15) is 20.3 Å². The van der Waals surface area contributed by atoms with E-state index in [-0.39, 0.29) is 13.0 Å². The first-order valence-corrected chi connectivity index (χ1v) is 4.41. The molecular weight excluding hydrogens is 201 g/mol. The quantitative estimate of drug-likeness (QED) is 0.458. The molecule has 0 radical (unpaired) electrons. The van der Waals surface area contributed by atoms with Crippen LogP contribution in [0.15, 0.2) is 16.9 Å². The van der Waals surface area contributed by atoms with Gasteiger partial charge in [-0.05, 0) is 19.9 Å². The van der Waals surface area contributed by atoms with E-state index < -0.39 is 17.3 Å². The number of carbonyl (C=O) groups is 1. The third-order valence-corrected chi connectivity index (χ3v) is 1.63.